The van der Waals surface area contributed by atoms with Crippen LogP contribution in [0.2, 0.25) is 0 Å². The van der Waals surface area contributed by atoms with E-state index in [-0.39, 0.29) is 11.8 Å². The molecule has 2 N–H and O–H groups in total. The maximum atomic E-state index is 11.6. The number of hydrogen-bond donors (Lipinski definition) is 1. The van der Waals surface area contributed by atoms with Gasteiger partial charge < -0.3 is 5.73 Å². The summed E-state index contributed by atoms with van der Waals surface area (Å²) >= 11 is 0. The Hall–Kier alpha value is -0.900. The van der Waals surface area contributed by atoms with Crippen molar-refractivity contribution in [3.05, 3.63) is 0 Å². The fraction of sp³-hybridized carbons (Fsp3) is 0.800. The molecule has 14 heavy (non-hydrogen) atoms. The van der Waals surface area contributed by atoms with Crippen molar-refractivity contribution in [1.29, 1.82) is 0 Å². The lowest BCUT2D eigenvalue weighted by Crippen LogP contribution is -2.49. The van der Waals surface area contributed by atoms with Crippen molar-refractivity contribution in [2.45, 2.75) is 45.1 Å². The molecule has 1 heterocycles. The standard InChI is InChI=1S/C10H18N2O2/c1-10(2,11)7-12-8(13)5-3-4-6-9(12)14/h3-7,11H2,1-2H3. The zero-order valence-electron chi connectivity index (χ0n) is 8.88. The van der Waals surface area contributed by atoms with E-state index in [0.717, 1.165) is 12.8 Å². The summed E-state index contributed by atoms with van der Waals surface area (Å²) in [6, 6.07) is 0. The Morgan fingerprint density at radius 3 is 2.00 bits per heavy atom. The first-order valence-corrected chi connectivity index (χ1v) is 5.02. The Bertz CT molecular complexity index is 225. The molecule has 0 radical (unpaired) electrons. The second kappa shape index (κ2) is 4.09. The predicted octanol–water partition coefficient (Wildman–Crippen LogP) is 0.653. The smallest absolute Gasteiger partial charge is 0.229 e. The van der Waals surface area contributed by atoms with Gasteiger partial charge in [0.2, 0.25) is 11.8 Å². The highest BCUT2D eigenvalue weighted by atomic mass is 16.2. The third kappa shape index (κ3) is 3.10. The number of carbonyl (C=O) groups excluding carboxylic acids is 2. The lowest BCUT2D eigenvalue weighted by Gasteiger charge is -2.27. The number of hydrogen-bond acceptors (Lipinski definition) is 3. The van der Waals surface area contributed by atoms with Gasteiger partial charge in [-0.1, -0.05) is 0 Å². The Balaban J connectivity index is 2.71. The molecular formula is C10H18N2O2. The molecule has 0 aromatic rings. The van der Waals surface area contributed by atoms with Gasteiger partial charge in [-0.3, -0.25) is 14.5 Å². The molecule has 1 saturated heterocycles. The number of nitrogens with two attached hydrogens (primary N) is 1. The maximum Gasteiger partial charge on any atom is 0.229 e. The van der Waals surface area contributed by atoms with Gasteiger partial charge in [0.25, 0.3) is 0 Å². The van der Waals surface area contributed by atoms with Crippen molar-refractivity contribution in [1.82, 2.24) is 4.90 Å². The molecule has 0 aliphatic carbocycles. The lowest BCUT2D eigenvalue weighted by molar-refractivity contribution is -0.144. The first kappa shape index (κ1) is 11.2. The summed E-state index contributed by atoms with van der Waals surface area (Å²) in [5.41, 5.74) is 5.29. The van der Waals surface area contributed by atoms with Crippen LogP contribution in [0.4, 0.5) is 0 Å². The van der Waals surface area contributed by atoms with Crippen LogP contribution in [0.5, 0.6) is 0 Å². The highest BCUT2D eigenvalue weighted by Crippen LogP contribution is 2.14. The summed E-state index contributed by atoms with van der Waals surface area (Å²) in [4.78, 5) is 24.4. The average molecular weight is 198 g/mol. The predicted molar refractivity (Wildman–Crippen MR) is 53.5 cm³/mol. The van der Waals surface area contributed by atoms with Crippen LogP contribution in [0.1, 0.15) is 39.5 Å². The number of rotatable bonds is 2. The maximum absolute atomic E-state index is 11.6. The first-order valence-electron chi connectivity index (χ1n) is 5.02. The van der Waals surface area contributed by atoms with Crippen LogP contribution >= 0.6 is 0 Å². The Morgan fingerprint density at radius 2 is 1.64 bits per heavy atom. The van der Waals surface area contributed by atoms with Crippen LogP contribution in [0, 0.1) is 0 Å². The average Bonchev–Trinajstić information content (AvgIpc) is 2.17. The van der Waals surface area contributed by atoms with Crippen LogP contribution < -0.4 is 5.73 Å². The zero-order chi connectivity index (χ0) is 10.8. The van der Waals surface area contributed by atoms with E-state index in [1.165, 1.54) is 4.90 Å². The third-order valence-electron chi connectivity index (χ3n) is 2.20. The van der Waals surface area contributed by atoms with Crippen LogP contribution in [-0.4, -0.2) is 28.8 Å². The molecule has 0 unspecified atom stereocenters. The quantitative estimate of drug-likeness (QED) is 0.663. The molecule has 80 valence electrons. The summed E-state index contributed by atoms with van der Waals surface area (Å²) in [5, 5.41) is 0. The van der Waals surface area contributed by atoms with E-state index >= 15 is 0 Å². The molecule has 1 aliphatic rings. The van der Waals surface area contributed by atoms with Crippen LogP contribution in [0.25, 0.3) is 0 Å². The van der Waals surface area contributed by atoms with Crippen molar-refractivity contribution < 1.29 is 9.59 Å². The molecule has 2 amide bonds. The largest absolute Gasteiger partial charge is 0.324 e. The molecular weight excluding hydrogens is 180 g/mol. The molecule has 4 heteroatoms. The van der Waals surface area contributed by atoms with Gasteiger partial charge in [-0.2, -0.15) is 0 Å². The molecule has 0 spiro atoms. The van der Waals surface area contributed by atoms with E-state index in [0.29, 0.717) is 19.4 Å². The number of carbonyl (C=O) groups is 2. The van der Waals surface area contributed by atoms with Crippen LogP contribution in [0.15, 0.2) is 0 Å². The Labute approximate surface area is 84.4 Å². The topological polar surface area (TPSA) is 63.4 Å². The van der Waals surface area contributed by atoms with E-state index in [4.69, 9.17) is 5.73 Å². The van der Waals surface area contributed by atoms with E-state index in [2.05, 4.69) is 0 Å². The molecule has 4 nitrogen and oxygen atoms in total. The summed E-state index contributed by atoms with van der Waals surface area (Å²) in [7, 11) is 0. The normalized spacial score (nSPS) is 19.8. The highest BCUT2D eigenvalue weighted by molar-refractivity contribution is 5.96. The second-order valence-electron chi connectivity index (χ2n) is 4.57. The lowest BCUT2D eigenvalue weighted by atomic mass is 10.1. The monoisotopic (exact) mass is 198 g/mol. The summed E-state index contributed by atoms with van der Waals surface area (Å²) in [6.07, 6.45) is 2.57. The van der Waals surface area contributed by atoms with Crippen molar-refractivity contribution >= 4 is 11.8 Å². The number of likely N-dealkylation sites (tertiary alicyclic amines) is 1. The first-order chi connectivity index (χ1) is 6.40. The van der Waals surface area contributed by atoms with Gasteiger partial charge in [-0.15, -0.1) is 0 Å². The molecule has 0 aromatic heterocycles. The minimum atomic E-state index is -0.504. The van der Waals surface area contributed by atoms with E-state index in [9.17, 15) is 9.59 Å². The van der Waals surface area contributed by atoms with E-state index in [1.54, 1.807) is 0 Å². The van der Waals surface area contributed by atoms with Gasteiger partial charge in [0.1, 0.15) is 0 Å². The van der Waals surface area contributed by atoms with Crippen LogP contribution in [0.3, 0.4) is 0 Å². The second-order valence-corrected chi connectivity index (χ2v) is 4.57. The SMILES string of the molecule is CC(C)(N)CN1C(=O)CCCCC1=O. The van der Waals surface area contributed by atoms with E-state index in [1.807, 2.05) is 13.8 Å². The fourth-order valence-corrected chi connectivity index (χ4v) is 1.55. The van der Waals surface area contributed by atoms with Gasteiger partial charge in [0, 0.05) is 24.9 Å². The summed E-state index contributed by atoms with van der Waals surface area (Å²) in [5.74, 6) is -0.156. The summed E-state index contributed by atoms with van der Waals surface area (Å²) in [6.45, 7) is 3.96. The van der Waals surface area contributed by atoms with Gasteiger partial charge in [0.05, 0.1) is 0 Å². The van der Waals surface area contributed by atoms with Gasteiger partial charge in [-0.05, 0) is 26.7 Å². The molecule has 0 saturated carbocycles. The molecule has 1 fully saturated rings. The van der Waals surface area contributed by atoms with Gasteiger partial charge in [-0.25, -0.2) is 0 Å². The van der Waals surface area contributed by atoms with E-state index < -0.39 is 5.54 Å². The van der Waals surface area contributed by atoms with Crippen molar-refractivity contribution in [3.63, 3.8) is 0 Å². The van der Waals surface area contributed by atoms with Crippen molar-refractivity contribution in [2.75, 3.05) is 6.54 Å². The van der Waals surface area contributed by atoms with Crippen molar-refractivity contribution in [2.24, 2.45) is 5.73 Å². The molecule has 1 aliphatic heterocycles. The number of amides is 2. The van der Waals surface area contributed by atoms with Crippen LogP contribution in [-0.2, 0) is 9.59 Å². The molecule has 0 aromatic carbocycles. The fourth-order valence-electron chi connectivity index (χ4n) is 1.55. The minimum absolute atomic E-state index is 0.0778. The minimum Gasteiger partial charge on any atom is -0.324 e. The molecule has 1 rings (SSSR count). The Kier molecular flexibility index (Phi) is 3.26. The Morgan fingerprint density at radius 1 is 1.21 bits per heavy atom. The zero-order valence-corrected chi connectivity index (χ0v) is 8.88. The number of nitrogens with zero attached hydrogens (tertiary/aromatic N) is 1. The van der Waals surface area contributed by atoms with Crippen molar-refractivity contribution in [3.8, 4) is 0 Å². The highest BCUT2D eigenvalue weighted by Gasteiger charge is 2.27. The number of imide groups is 1. The molecule has 0 atom stereocenters. The summed E-state index contributed by atoms with van der Waals surface area (Å²) < 4.78 is 0. The van der Waals surface area contributed by atoms with Gasteiger partial charge >= 0.3 is 0 Å². The van der Waals surface area contributed by atoms with Gasteiger partial charge in [0.15, 0.2) is 0 Å². The molecule has 0 bridgehead atoms. The third-order valence-corrected chi connectivity index (χ3v) is 2.20.